The average Bonchev–Trinajstić information content (AvgIpc) is 3.92. The zero-order valence-corrected chi connectivity index (χ0v) is 36.5. The molecule has 12 rings (SSSR count). The molecule has 0 atom stereocenters. The minimum Gasteiger partial charge on any atom is -0.134 e. The normalized spacial score (nSPS) is 11.4. The molecule has 0 aliphatic carbocycles. The second kappa shape index (κ2) is 16.3. The Balaban J connectivity index is 0.990. The zero-order chi connectivity index (χ0) is 42.4. The van der Waals surface area contributed by atoms with E-state index in [2.05, 4.69) is 243 Å². The Hall–Kier alpha value is -7.62. The van der Waals surface area contributed by atoms with E-state index in [-0.39, 0.29) is 0 Å². The summed E-state index contributed by atoms with van der Waals surface area (Å²) in [6.45, 7) is 0. The summed E-state index contributed by atoms with van der Waals surface area (Å²) >= 11 is 3.84. The number of fused-ring (bicyclic) bond motifs is 5. The van der Waals surface area contributed by atoms with E-state index in [1.807, 2.05) is 22.7 Å². The molecule has 300 valence electrons. The summed E-state index contributed by atoms with van der Waals surface area (Å²) in [5.74, 6) is 0. The van der Waals surface area contributed by atoms with Gasteiger partial charge in [0.2, 0.25) is 0 Å². The molecule has 0 bridgehead atoms. The second-order valence-corrected chi connectivity index (χ2v) is 18.5. The first kappa shape index (κ1) is 38.1. The molecule has 64 heavy (non-hydrogen) atoms. The molecule has 0 saturated heterocycles. The van der Waals surface area contributed by atoms with E-state index in [1.54, 1.807) is 0 Å². The third-order valence-corrected chi connectivity index (χ3v) is 15.0. The first-order chi connectivity index (χ1) is 31.7. The molecule has 0 unspecified atom stereocenters. The van der Waals surface area contributed by atoms with Gasteiger partial charge in [-0.05, 0) is 125 Å². The Bertz CT molecular complexity index is 3240. The summed E-state index contributed by atoms with van der Waals surface area (Å²) in [7, 11) is 0. The Kier molecular flexibility index (Phi) is 9.67. The van der Waals surface area contributed by atoms with Crippen molar-refractivity contribution < 1.29 is 0 Å². The van der Waals surface area contributed by atoms with Gasteiger partial charge in [-0.3, -0.25) is 0 Å². The van der Waals surface area contributed by atoms with Crippen molar-refractivity contribution in [2.45, 2.75) is 0 Å². The molecule has 2 aromatic heterocycles. The van der Waals surface area contributed by atoms with Gasteiger partial charge in [-0.25, -0.2) is 0 Å². The van der Waals surface area contributed by atoms with E-state index in [0.717, 1.165) is 0 Å². The maximum atomic E-state index is 2.42. The summed E-state index contributed by atoms with van der Waals surface area (Å²) in [4.78, 5) is 0. The topological polar surface area (TPSA) is 0 Å². The van der Waals surface area contributed by atoms with Crippen LogP contribution in [-0.4, -0.2) is 0 Å². The lowest BCUT2D eigenvalue weighted by Crippen LogP contribution is -1.93. The van der Waals surface area contributed by atoms with Crippen LogP contribution in [0.15, 0.2) is 243 Å². The highest BCUT2D eigenvalue weighted by Gasteiger charge is 2.21. The molecule has 2 heteroatoms. The minimum absolute atomic E-state index is 1.21. The van der Waals surface area contributed by atoms with Gasteiger partial charge >= 0.3 is 0 Å². The Morgan fingerprint density at radius 3 is 0.750 bits per heavy atom. The second-order valence-electron chi connectivity index (χ2n) is 16.4. The molecule has 0 radical (unpaired) electrons. The van der Waals surface area contributed by atoms with E-state index in [0.29, 0.717) is 0 Å². The van der Waals surface area contributed by atoms with Crippen molar-refractivity contribution in [2.24, 2.45) is 0 Å². The summed E-state index contributed by atoms with van der Waals surface area (Å²) in [6.07, 6.45) is 0. The van der Waals surface area contributed by atoms with Crippen molar-refractivity contribution >= 4 is 52.2 Å². The van der Waals surface area contributed by atoms with Crippen molar-refractivity contribution in [1.29, 1.82) is 0 Å². The van der Waals surface area contributed by atoms with Crippen molar-refractivity contribution in [3.8, 4) is 89.0 Å². The highest BCUT2D eigenvalue weighted by Crippen LogP contribution is 2.49. The van der Waals surface area contributed by atoms with E-state index >= 15 is 0 Å². The number of thiophene rings is 2. The predicted octanol–water partition coefficient (Wildman–Crippen LogP) is 18.6. The lowest BCUT2D eigenvalue weighted by Gasteiger charge is -2.19. The van der Waals surface area contributed by atoms with Crippen LogP contribution in [-0.2, 0) is 0 Å². The van der Waals surface area contributed by atoms with Crippen LogP contribution in [0.1, 0.15) is 0 Å². The third kappa shape index (κ3) is 6.85. The van der Waals surface area contributed by atoms with Crippen LogP contribution in [0.5, 0.6) is 0 Å². The van der Waals surface area contributed by atoms with Gasteiger partial charge in [0, 0.05) is 20.2 Å². The molecule has 0 nitrogen and oxygen atoms in total. The van der Waals surface area contributed by atoms with Crippen LogP contribution >= 0.6 is 22.7 Å². The SMILES string of the molecule is c1ccc(-c2cc(-c3ccc4c(c3)sc3c5ccc(-c6cc(-c7ccccc7)c(-c7ccccc7)c(-c7ccccc7)c6)cc5sc43)cc(-c3ccccc3)c2-c2ccccc2)cc1. The Morgan fingerprint density at radius 1 is 0.203 bits per heavy atom. The van der Waals surface area contributed by atoms with Crippen molar-refractivity contribution in [2.75, 3.05) is 0 Å². The molecule has 0 aliphatic heterocycles. The molecule has 0 spiro atoms. The quantitative estimate of drug-likeness (QED) is 0.143. The fraction of sp³-hybridized carbons (Fsp3) is 0. The molecular formula is C62H40S2. The highest BCUT2D eigenvalue weighted by molar-refractivity contribution is 7.36. The largest absolute Gasteiger partial charge is 0.134 e. The molecule has 0 N–H and O–H groups in total. The standard InChI is InChI=1S/C62H40S2/c1-7-19-41(20-8-1)53-35-49(36-54(42-21-9-2-10-22-42)59(53)45-27-15-5-16-28-45)47-31-33-51-57(39-47)63-62-52-34-32-48(40-58(52)64-61(51)62)50-37-55(43-23-11-3-12-24-43)60(46-29-17-6-18-30-46)56(38-50)44-25-13-4-14-26-44/h1-40H. The van der Waals surface area contributed by atoms with E-state index < -0.39 is 0 Å². The molecular weight excluding hydrogens is 809 g/mol. The molecule has 0 fully saturated rings. The van der Waals surface area contributed by atoms with Gasteiger partial charge < -0.3 is 0 Å². The van der Waals surface area contributed by atoms with Gasteiger partial charge in [0.05, 0.1) is 9.40 Å². The molecule has 0 saturated carbocycles. The molecule has 0 aliphatic rings. The number of benzene rings is 10. The first-order valence-electron chi connectivity index (χ1n) is 21.8. The maximum absolute atomic E-state index is 2.42. The average molecular weight is 849 g/mol. The van der Waals surface area contributed by atoms with Gasteiger partial charge in [-0.1, -0.05) is 206 Å². The van der Waals surface area contributed by atoms with E-state index in [4.69, 9.17) is 0 Å². The van der Waals surface area contributed by atoms with Gasteiger partial charge in [0.25, 0.3) is 0 Å². The number of hydrogen-bond acceptors (Lipinski definition) is 2. The van der Waals surface area contributed by atoms with Crippen LogP contribution in [0.25, 0.3) is 119 Å². The molecule has 2 heterocycles. The molecule has 10 aromatic carbocycles. The van der Waals surface area contributed by atoms with Crippen LogP contribution < -0.4 is 0 Å². The van der Waals surface area contributed by atoms with Gasteiger partial charge in [0.1, 0.15) is 0 Å². The lowest BCUT2D eigenvalue weighted by molar-refractivity contribution is 1.55. The van der Waals surface area contributed by atoms with Crippen LogP contribution in [0.4, 0.5) is 0 Å². The predicted molar refractivity (Wildman–Crippen MR) is 278 cm³/mol. The third-order valence-electron chi connectivity index (χ3n) is 12.5. The summed E-state index contributed by atoms with van der Waals surface area (Å²) in [5, 5.41) is 2.65. The minimum atomic E-state index is 1.21. The Labute approximate surface area is 381 Å². The Morgan fingerprint density at radius 2 is 0.469 bits per heavy atom. The lowest BCUT2D eigenvalue weighted by atomic mass is 9.84. The first-order valence-corrected chi connectivity index (χ1v) is 23.4. The fourth-order valence-electron chi connectivity index (χ4n) is 9.45. The van der Waals surface area contributed by atoms with Crippen LogP contribution in [0.3, 0.4) is 0 Å². The van der Waals surface area contributed by atoms with Crippen molar-refractivity contribution in [3.63, 3.8) is 0 Å². The highest BCUT2D eigenvalue weighted by atomic mass is 32.1. The smallest absolute Gasteiger partial charge is 0.0542 e. The fourth-order valence-corrected chi connectivity index (χ4v) is 12.2. The number of hydrogen-bond donors (Lipinski definition) is 0. The van der Waals surface area contributed by atoms with Gasteiger partial charge in [-0.15, -0.1) is 22.7 Å². The maximum Gasteiger partial charge on any atom is 0.0542 e. The van der Waals surface area contributed by atoms with Crippen LogP contribution in [0.2, 0.25) is 0 Å². The summed E-state index contributed by atoms with van der Waals surface area (Å²) < 4.78 is 5.36. The molecule has 0 amide bonds. The zero-order valence-electron chi connectivity index (χ0n) is 34.9. The number of rotatable bonds is 8. The monoisotopic (exact) mass is 848 g/mol. The van der Waals surface area contributed by atoms with Gasteiger partial charge in [0.15, 0.2) is 0 Å². The van der Waals surface area contributed by atoms with Crippen molar-refractivity contribution in [1.82, 2.24) is 0 Å². The van der Waals surface area contributed by atoms with Gasteiger partial charge in [-0.2, -0.15) is 0 Å². The van der Waals surface area contributed by atoms with Crippen molar-refractivity contribution in [3.05, 3.63) is 243 Å². The summed E-state index contributed by atoms with van der Waals surface area (Å²) in [6, 6.07) is 88.9. The summed E-state index contributed by atoms with van der Waals surface area (Å²) in [5.41, 5.74) is 19.6. The van der Waals surface area contributed by atoms with E-state index in [1.165, 1.54) is 119 Å². The van der Waals surface area contributed by atoms with E-state index in [9.17, 15) is 0 Å². The molecule has 12 aromatic rings. The van der Waals surface area contributed by atoms with Crippen LogP contribution in [0, 0.1) is 0 Å².